The number of carbonyl (C=O) groups excluding carboxylic acids is 1. The van der Waals surface area contributed by atoms with Crippen LogP contribution in [-0.4, -0.2) is 115 Å². The Hall–Kier alpha value is -0.616. The number of amides is 1. The lowest BCUT2D eigenvalue weighted by Crippen LogP contribution is -2.66. The third-order valence-corrected chi connectivity index (χ3v) is 25.0. The van der Waals surface area contributed by atoms with Crippen molar-refractivity contribution in [1.82, 2.24) is 5.32 Å². The zero-order valence-electron chi connectivity index (χ0n) is 48.2. The Morgan fingerprint density at radius 3 is 1.49 bits per heavy atom. The van der Waals surface area contributed by atoms with Crippen LogP contribution in [0.25, 0.3) is 10.4 Å². The van der Waals surface area contributed by atoms with E-state index in [4.69, 9.17) is 36.3 Å². The van der Waals surface area contributed by atoms with Crippen molar-refractivity contribution in [3.05, 3.63) is 10.4 Å². The van der Waals surface area contributed by atoms with E-state index in [1.807, 2.05) is 20.8 Å². The average Bonchev–Trinajstić information content (AvgIpc) is 3.13. The molecule has 0 saturated carbocycles. The molecule has 402 valence electrons. The number of azide groups is 1. The van der Waals surface area contributed by atoms with Crippen molar-refractivity contribution in [2.45, 2.75) is 302 Å². The van der Waals surface area contributed by atoms with Crippen LogP contribution < -0.4 is 5.32 Å². The summed E-state index contributed by atoms with van der Waals surface area (Å²) in [4.78, 5) is 17.3. The third-order valence-electron chi connectivity index (χ3n) is 13.1. The molecule has 0 aromatic carbocycles. The lowest BCUT2D eigenvalue weighted by Gasteiger charge is -2.51. The summed E-state index contributed by atoms with van der Waals surface area (Å²) < 4.78 is 56.1. The number of alkyl carbamates (subject to hydrolysis) is 1. The number of hydrogen-bond donors (Lipinski definition) is 1. The normalized spacial score (nSPS) is 21.8. The molecule has 0 aliphatic carbocycles. The largest absolute Gasteiger partial charge is 0.444 e. The van der Waals surface area contributed by atoms with E-state index in [9.17, 15) is 10.3 Å². The molecule has 1 rings (SSSR count). The topological polar surface area (TPSA) is 152 Å². The van der Waals surface area contributed by atoms with Gasteiger partial charge in [0.05, 0.1) is 43.6 Å². The molecule has 1 heterocycles. The molecule has 1 amide bonds. The second kappa shape index (κ2) is 28.2. The average molecular weight is 1050 g/mol. The summed E-state index contributed by atoms with van der Waals surface area (Å²) in [6.45, 7) is 49.9. The van der Waals surface area contributed by atoms with Crippen molar-refractivity contribution in [1.29, 1.82) is 0 Å². The van der Waals surface area contributed by atoms with E-state index < -0.39 is 96.1 Å². The molecule has 0 bridgehead atoms. The molecule has 1 fully saturated rings. The summed E-state index contributed by atoms with van der Waals surface area (Å²) in [5.41, 5.74) is 8.81. The van der Waals surface area contributed by atoms with E-state index in [-0.39, 0.29) is 29.3 Å². The van der Waals surface area contributed by atoms with E-state index in [2.05, 4.69) is 149 Å². The van der Waals surface area contributed by atoms with Crippen LogP contribution in [-0.2, 0) is 36.3 Å². The minimum Gasteiger partial charge on any atom is -0.444 e. The first-order valence-electron chi connectivity index (χ1n) is 26.5. The number of nitrogens with one attached hydrogen (secondary N) is 1. The fraction of sp³-hybridized carbons (Fsp3) is 0.980. The van der Waals surface area contributed by atoms with Gasteiger partial charge in [0.25, 0.3) is 0 Å². The standard InChI is InChI=1S/C50H108N4O9Si5/c1-24-25-26-27-28-29-30-31-32-33-34-35-36-40(59-67(20,21)49(5,6)7)42(63-68(22,23)50(8,9)10)39(53-47(55)58-48(2,3)4)38-56-46-45(62-66(17,18)19)44(61-65(14,15)16)43(60-64(11,12)13)41(57-46)37-52-54-51/h39-46H,24-38H2,1-23H3,(H,53,55)/t39-,40+,41+,42-,43-,44-,45+,46-/m0/s1. The van der Waals surface area contributed by atoms with Crippen molar-refractivity contribution in [2.24, 2.45) is 5.11 Å². The van der Waals surface area contributed by atoms with Gasteiger partial charge < -0.3 is 41.7 Å². The van der Waals surface area contributed by atoms with Gasteiger partial charge in [-0.2, -0.15) is 0 Å². The van der Waals surface area contributed by atoms with E-state index >= 15 is 0 Å². The summed E-state index contributed by atoms with van der Waals surface area (Å²) >= 11 is 0. The fourth-order valence-electron chi connectivity index (χ4n) is 7.75. The van der Waals surface area contributed by atoms with Gasteiger partial charge in [0.2, 0.25) is 0 Å². The maximum absolute atomic E-state index is 14.1. The first kappa shape index (κ1) is 65.4. The highest BCUT2D eigenvalue weighted by Crippen LogP contribution is 2.42. The lowest BCUT2D eigenvalue weighted by atomic mass is 9.98. The highest BCUT2D eigenvalue weighted by Gasteiger charge is 2.53. The van der Waals surface area contributed by atoms with Gasteiger partial charge in [-0.1, -0.05) is 131 Å². The molecule has 0 aromatic heterocycles. The smallest absolute Gasteiger partial charge is 0.408 e. The Bertz CT molecular complexity index is 1500. The molecule has 1 saturated heterocycles. The van der Waals surface area contributed by atoms with Gasteiger partial charge in [-0.15, -0.1) is 0 Å². The molecule has 1 aliphatic heterocycles. The fourth-order valence-corrected chi connectivity index (χ4v) is 13.7. The maximum Gasteiger partial charge on any atom is 0.408 e. The summed E-state index contributed by atoms with van der Waals surface area (Å²) in [6.07, 6.45) is 10.9. The zero-order valence-corrected chi connectivity index (χ0v) is 53.2. The van der Waals surface area contributed by atoms with Gasteiger partial charge in [-0.25, -0.2) is 4.79 Å². The Labute approximate surface area is 423 Å². The van der Waals surface area contributed by atoms with Crippen molar-refractivity contribution in [3.63, 3.8) is 0 Å². The zero-order chi connectivity index (χ0) is 52.6. The molecular weight excluding hydrogens is 941 g/mol. The SMILES string of the molecule is CCCCCCCCCCCCCC[C@@H](O[Si](C)(C)C(C)(C)C)[C@@H](O[Si](C)(C)C(C)(C)C)[C@H](CO[C@H]1O[C@H](CN=[N+]=[N-])[C@H](O[Si](C)(C)C)[C@H](O[Si](C)(C)C)[C@H]1O[Si](C)(C)C)NC(=O)OC(C)(C)C. The number of hydrogen-bond acceptors (Lipinski definition) is 10. The number of rotatable bonds is 31. The van der Waals surface area contributed by atoms with Gasteiger partial charge in [0.1, 0.15) is 17.8 Å². The van der Waals surface area contributed by atoms with Crippen LogP contribution in [0.5, 0.6) is 0 Å². The Morgan fingerprint density at radius 1 is 0.632 bits per heavy atom. The summed E-state index contributed by atoms with van der Waals surface area (Å²) in [7, 11) is -11.7. The minimum atomic E-state index is -2.54. The Morgan fingerprint density at radius 2 is 1.06 bits per heavy atom. The number of ether oxygens (including phenoxy) is 3. The Kier molecular flexibility index (Phi) is 27.1. The molecule has 0 aromatic rings. The second-order valence-corrected chi connectivity index (χ2v) is 49.5. The first-order chi connectivity index (χ1) is 30.8. The quantitative estimate of drug-likeness (QED) is 0.0235. The number of unbranched alkanes of at least 4 members (excludes halogenated alkanes) is 11. The van der Waals surface area contributed by atoms with Crippen LogP contribution in [0.15, 0.2) is 5.11 Å². The highest BCUT2D eigenvalue weighted by molar-refractivity contribution is 6.75. The van der Waals surface area contributed by atoms with Gasteiger partial charge in [0, 0.05) is 4.91 Å². The molecule has 13 nitrogen and oxygen atoms in total. The van der Waals surface area contributed by atoms with Gasteiger partial charge in [-0.3, -0.25) is 0 Å². The van der Waals surface area contributed by atoms with Crippen molar-refractivity contribution in [3.8, 4) is 0 Å². The monoisotopic (exact) mass is 1050 g/mol. The maximum atomic E-state index is 14.1. The number of nitrogens with zero attached hydrogens (tertiary/aromatic N) is 3. The number of carbonyl (C=O) groups is 1. The predicted octanol–water partition coefficient (Wildman–Crippen LogP) is 15.5. The summed E-state index contributed by atoms with van der Waals surface area (Å²) in [5.74, 6) is 0. The van der Waals surface area contributed by atoms with Gasteiger partial charge in [-0.05, 0) is 128 Å². The highest BCUT2D eigenvalue weighted by atomic mass is 28.4. The van der Waals surface area contributed by atoms with E-state index in [0.717, 1.165) is 19.3 Å². The second-order valence-electron chi connectivity index (χ2n) is 26.6. The van der Waals surface area contributed by atoms with Crippen molar-refractivity contribution in [2.75, 3.05) is 13.2 Å². The molecule has 18 heteroatoms. The van der Waals surface area contributed by atoms with Crippen LogP contribution >= 0.6 is 0 Å². The van der Waals surface area contributed by atoms with Crippen LogP contribution in [0.4, 0.5) is 4.79 Å². The molecule has 0 unspecified atom stereocenters. The first-order valence-corrected chi connectivity index (χ1v) is 42.5. The van der Waals surface area contributed by atoms with E-state index in [0.29, 0.717) is 0 Å². The molecule has 8 atom stereocenters. The van der Waals surface area contributed by atoms with Gasteiger partial charge in [0.15, 0.2) is 47.9 Å². The van der Waals surface area contributed by atoms with Crippen LogP contribution in [0.3, 0.4) is 0 Å². The summed E-state index contributed by atoms with van der Waals surface area (Å²) in [6, 6.07) is -0.718. The van der Waals surface area contributed by atoms with Crippen LogP contribution in [0, 0.1) is 0 Å². The van der Waals surface area contributed by atoms with E-state index in [1.54, 1.807) is 0 Å². The minimum absolute atomic E-state index is 0.00197. The molecular formula is C50H108N4O9Si5. The molecule has 1 aliphatic rings. The van der Waals surface area contributed by atoms with Crippen LogP contribution in [0.2, 0.25) is 95.2 Å². The van der Waals surface area contributed by atoms with Crippen LogP contribution in [0.1, 0.15) is 153 Å². The van der Waals surface area contributed by atoms with Gasteiger partial charge >= 0.3 is 6.09 Å². The third kappa shape index (κ3) is 25.9. The predicted molar refractivity (Wildman–Crippen MR) is 296 cm³/mol. The van der Waals surface area contributed by atoms with Crippen molar-refractivity contribution >= 4 is 47.7 Å². The Balaban J connectivity index is 3.98. The molecule has 0 radical (unpaired) electrons. The lowest BCUT2D eigenvalue weighted by molar-refractivity contribution is -0.286. The van der Waals surface area contributed by atoms with Crippen molar-refractivity contribution < 1.29 is 41.1 Å². The van der Waals surface area contributed by atoms with E-state index in [1.165, 1.54) is 64.2 Å². The summed E-state index contributed by atoms with van der Waals surface area (Å²) in [5, 5.41) is 7.07. The molecule has 68 heavy (non-hydrogen) atoms. The molecule has 0 spiro atoms. The molecule has 1 N–H and O–H groups in total.